The van der Waals surface area contributed by atoms with E-state index < -0.39 is 0 Å². The maximum absolute atomic E-state index is 13.0. The molecule has 1 atom stereocenters. The Labute approximate surface area is 181 Å². The van der Waals surface area contributed by atoms with Crippen molar-refractivity contribution in [1.29, 1.82) is 0 Å². The molecular formula is C24H26N4O3. The summed E-state index contributed by atoms with van der Waals surface area (Å²) in [5.41, 5.74) is 3.27. The maximum atomic E-state index is 13.0. The van der Waals surface area contributed by atoms with E-state index in [4.69, 9.17) is 9.26 Å². The van der Waals surface area contributed by atoms with Gasteiger partial charge in [-0.25, -0.2) is 0 Å². The van der Waals surface area contributed by atoms with Gasteiger partial charge in [-0.1, -0.05) is 53.2 Å². The number of benzene rings is 2. The largest absolute Gasteiger partial charge is 0.492 e. The quantitative estimate of drug-likeness (QED) is 0.649. The molecule has 1 fully saturated rings. The van der Waals surface area contributed by atoms with Gasteiger partial charge in [0.2, 0.25) is 17.6 Å². The fourth-order valence-corrected chi connectivity index (χ4v) is 4.20. The standard InChI is InChI=1S/C24H26N4O3/c1-17-6-8-18(9-7-17)23-25-22(31-26-23)15-27-10-12-28(13-11-27)24(29)20-14-19-4-2-3-5-21(19)30-16-20/h2-9,20H,10-16H2,1H3. The number of hydrogen-bond donors (Lipinski definition) is 0. The van der Waals surface area contributed by atoms with Crippen molar-refractivity contribution >= 4 is 5.91 Å². The fraction of sp³-hybridized carbons (Fsp3) is 0.375. The van der Waals surface area contributed by atoms with Crippen LogP contribution in [-0.4, -0.2) is 58.6 Å². The number of ether oxygens (including phenoxy) is 1. The van der Waals surface area contributed by atoms with E-state index in [0.717, 1.165) is 36.4 Å². The average molecular weight is 418 g/mol. The molecule has 160 valence electrons. The van der Waals surface area contributed by atoms with Crippen molar-refractivity contribution in [3.05, 3.63) is 65.5 Å². The van der Waals surface area contributed by atoms with Gasteiger partial charge < -0.3 is 14.2 Å². The molecule has 3 heterocycles. The first-order valence-electron chi connectivity index (χ1n) is 10.8. The molecule has 0 saturated carbocycles. The van der Waals surface area contributed by atoms with Gasteiger partial charge in [0, 0.05) is 31.7 Å². The fourth-order valence-electron chi connectivity index (χ4n) is 4.20. The van der Waals surface area contributed by atoms with Crippen molar-refractivity contribution in [3.63, 3.8) is 0 Å². The van der Waals surface area contributed by atoms with E-state index in [2.05, 4.69) is 22.0 Å². The summed E-state index contributed by atoms with van der Waals surface area (Å²) in [6.07, 6.45) is 0.749. The summed E-state index contributed by atoms with van der Waals surface area (Å²) in [4.78, 5) is 21.8. The smallest absolute Gasteiger partial charge is 0.241 e. The summed E-state index contributed by atoms with van der Waals surface area (Å²) in [5.74, 6) is 2.21. The first-order chi connectivity index (χ1) is 15.2. The third-order valence-corrected chi connectivity index (χ3v) is 6.05. The number of piperazine rings is 1. The van der Waals surface area contributed by atoms with Crippen LogP contribution < -0.4 is 4.74 Å². The third kappa shape index (κ3) is 4.32. The van der Waals surface area contributed by atoms with E-state index in [1.165, 1.54) is 5.56 Å². The van der Waals surface area contributed by atoms with Crippen molar-refractivity contribution < 1.29 is 14.1 Å². The predicted molar refractivity (Wildman–Crippen MR) is 115 cm³/mol. The maximum Gasteiger partial charge on any atom is 0.241 e. The number of nitrogens with zero attached hydrogens (tertiary/aromatic N) is 4. The van der Waals surface area contributed by atoms with Gasteiger partial charge in [-0.2, -0.15) is 4.98 Å². The van der Waals surface area contributed by atoms with Crippen molar-refractivity contribution in [2.45, 2.75) is 19.9 Å². The van der Waals surface area contributed by atoms with Crippen molar-refractivity contribution in [1.82, 2.24) is 19.9 Å². The molecule has 1 aromatic heterocycles. The highest BCUT2D eigenvalue weighted by Crippen LogP contribution is 2.28. The van der Waals surface area contributed by atoms with Crippen LogP contribution in [0.1, 0.15) is 17.0 Å². The van der Waals surface area contributed by atoms with Crippen molar-refractivity contribution in [3.8, 4) is 17.1 Å². The minimum absolute atomic E-state index is 0.102. The van der Waals surface area contributed by atoms with Gasteiger partial charge in [-0.15, -0.1) is 0 Å². The van der Waals surface area contributed by atoms with Crippen LogP contribution in [0.25, 0.3) is 11.4 Å². The van der Waals surface area contributed by atoms with Crippen LogP contribution in [0.3, 0.4) is 0 Å². The Morgan fingerprint density at radius 3 is 2.65 bits per heavy atom. The van der Waals surface area contributed by atoms with Crippen LogP contribution in [0, 0.1) is 12.8 Å². The Balaban J connectivity index is 1.14. The highest BCUT2D eigenvalue weighted by molar-refractivity contribution is 5.80. The lowest BCUT2D eigenvalue weighted by molar-refractivity contribution is -0.138. The van der Waals surface area contributed by atoms with Gasteiger partial charge in [0.1, 0.15) is 12.4 Å². The van der Waals surface area contributed by atoms with Crippen LogP contribution in [0.15, 0.2) is 53.1 Å². The second-order valence-corrected chi connectivity index (χ2v) is 8.30. The second-order valence-electron chi connectivity index (χ2n) is 8.30. The lowest BCUT2D eigenvalue weighted by atomic mass is 9.95. The Kier molecular flexibility index (Phi) is 5.42. The Hall–Kier alpha value is -3.19. The molecule has 3 aromatic rings. The number of aryl methyl sites for hydroxylation is 1. The molecule has 2 aliphatic heterocycles. The number of carbonyl (C=O) groups excluding carboxylic acids is 1. The number of fused-ring (bicyclic) bond motifs is 1. The van der Waals surface area contributed by atoms with Crippen LogP contribution in [-0.2, 0) is 17.8 Å². The van der Waals surface area contributed by atoms with E-state index in [0.29, 0.717) is 38.0 Å². The Morgan fingerprint density at radius 2 is 1.84 bits per heavy atom. The minimum atomic E-state index is -0.102. The summed E-state index contributed by atoms with van der Waals surface area (Å²) in [7, 11) is 0. The van der Waals surface area contributed by atoms with Crippen LogP contribution in [0.2, 0.25) is 0 Å². The molecule has 31 heavy (non-hydrogen) atoms. The molecule has 0 N–H and O–H groups in total. The normalized spacial score (nSPS) is 19.0. The monoisotopic (exact) mass is 418 g/mol. The SMILES string of the molecule is Cc1ccc(-c2noc(CN3CCN(C(=O)C4COc5ccccc5C4)CC3)n2)cc1. The molecule has 1 amide bonds. The number of hydrogen-bond acceptors (Lipinski definition) is 6. The number of amides is 1. The summed E-state index contributed by atoms with van der Waals surface area (Å²) in [5, 5.41) is 4.11. The zero-order valence-corrected chi connectivity index (χ0v) is 17.7. The first-order valence-corrected chi connectivity index (χ1v) is 10.8. The summed E-state index contributed by atoms with van der Waals surface area (Å²) < 4.78 is 11.3. The highest BCUT2D eigenvalue weighted by atomic mass is 16.5. The van der Waals surface area contributed by atoms with Gasteiger partial charge in [0.05, 0.1) is 12.5 Å². The summed E-state index contributed by atoms with van der Waals surface area (Å²) in [6, 6.07) is 16.1. The molecule has 2 aliphatic rings. The van der Waals surface area contributed by atoms with E-state index in [-0.39, 0.29) is 11.8 Å². The number of carbonyl (C=O) groups is 1. The van der Waals surface area contributed by atoms with Crippen LogP contribution in [0.5, 0.6) is 5.75 Å². The lowest BCUT2D eigenvalue weighted by Gasteiger charge is -2.36. The molecule has 0 bridgehead atoms. The second kappa shape index (κ2) is 8.51. The zero-order valence-electron chi connectivity index (χ0n) is 17.7. The van der Waals surface area contributed by atoms with Gasteiger partial charge in [0.15, 0.2) is 0 Å². The molecule has 0 aliphatic carbocycles. The van der Waals surface area contributed by atoms with Gasteiger partial charge in [-0.05, 0) is 25.0 Å². The van der Waals surface area contributed by atoms with Crippen LogP contribution in [0.4, 0.5) is 0 Å². The topological polar surface area (TPSA) is 71.7 Å². The van der Waals surface area contributed by atoms with Crippen molar-refractivity contribution in [2.24, 2.45) is 5.92 Å². The minimum Gasteiger partial charge on any atom is -0.492 e. The van der Waals surface area contributed by atoms with Gasteiger partial charge in [0.25, 0.3) is 0 Å². The molecule has 2 aromatic carbocycles. The Bertz CT molecular complexity index is 1050. The average Bonchev–Trinajstić information content (AvgIpc) is 3.27. The summed E-state index contributed by atoms with van der Waals surface area (Å²) in [6.45, 7) is 6.10. The molecule has 0 spiro atoms. The van der Waals surface area contributed by atoms with Gasteiger partial charge >= 0.3 is 0 Å². The number of aromatic nitrogens is 2. The third-order valence-electron chi connectivity index (χ3n) is 6.05. The first kappa shape index (κ1) is 19.8. The zero-order chi connectivity index (χ0) is 21.2. The molecule has 1 unspecified atom stereocenters. The molecule has 7 heteroatoms. The molecule has 7 nitrogen and oxygen atoms in total. The molecule has 1 saturated heterocycles. The van der Waals surface area contributed by atoms with E-state index >= 15 is 0 Å². The molecular weight excluding hydrogens is 392 g/mol. The van der Waals surface area contributed by atoms with Gasteiger partial charge in [-0.3, -0.25) is 9.69 Å². The van der Waals surface area contributed by atoms with Crippen molar-refractivity contribution in [2.75, 3.05) is 32.8 Å². The number of rotatable bonds is 4. The summed E-state index contributed by atoms with van der Waals surface area (Å²) >= 11 is 0. The molecule has 0 radical (unpaired) electrons. The van der Waals surface area contributed by atoms with E-state index in [1.807, 2.05) is 53.4 Å². The lowest BCUT2D eigenvalue weighted by Crippen LogP contribution is -2.51. The molecule has 5 rings (SSSR count). The Morgan fingerprint density at radius 1 is 1.06 bits per heavy atom. The predicted octanol–water partition coefficient (Wildman–Crippen LogP) is 2.94. The van der Waals surface area contributed by atoms with E-state index in [9.17, 15) is 4.79 Å². The van der Waals surface area contributed by atoms with Crippen LogP contribution >= 0.6 is 0 Å². The van der Waals surface area contributed by atoms with E-state index in [1.54, 1.807) is 0 Å². The number of para-hydroxylation sites is 1. The highest BCUT2D eigenvalue weighted by Gasteiger charge is 2.31.